The Morgan fingerprint density at radius 1 is 1.10 bits per heavy atom. The van der Waals surface area contributed by atoms with Crippen LogP contribution in [0.2, 0.25) is 0 Å². The number of rotatable bonds is 9. The molecule has 1 aliphatic carbocycles. The molecule has 1 aliphatic rings. The fourth-order valence-corrected chi connectivity index (χ4v) is 5.05. The van der Waals surface area contributed by atoms with Gasteiger partial charge >= 0.3 is 12.1 Å². The number of carbonyl (C=O) groups excluding carboxylic acids is 1. The molecule has 41 heavy (non-hydrogen) atoms. The molecule has 8 nitrogen and oxygen atoms in total. The maximum absolute atomic E-state index is 13.2. The summed E-state index contributed by atoms with van der Waals surface area (Å²) in [5.74, 6) is -1.23. The van der Waals surface area contributed by atoms with Gasteiger partial charge in [-0.15, -0.1) is 0 Å². The molecule has 1 saturated carbocycles. The zero-order valence-electron chi connectivity index (χ0n) is 23.2. The van der Waals surface area contributed by atoms with Gasteiger partial charge in [-0.1, -0.05) is 32.6 Å². The molecule has 1 aromatic heterocycles. The van der Waals surface area contributed by atoms with Crippen molar-refractivity contribution in [1.29, 1.82) is 0 Å². The standard InChI is InChI=1S/C27H35FN4O2.C2HF3O2/c1-3-7-21(12-17-26(33)31(2)20-8-5-4-6-9-20)32-25-18-23(15-16-24(25)30-27(32)29)34-22-13-10-19(28)11-14-22;3-2(4,5)1(6)7/h10-11,13-16,18,20-21H,3-9,12,17H2,1-2H3,(H2,29,30);(H,6,7). The number of ether oxygens (including phenoxy) is 1. The first-order valence-corrected chi connectivity index (χ1v) is 13.7. The van der Waals surface area contributed by atoms with Crippen LogP contribution in [0.5, 0.6) is 11.5 Å². The Hall–Kier alpha value is -3.83. The second kappa shape index (κ2) is 14.2. The van der Waals surface area contributed by atoms with Crippen molar-refractivity contribution in [2.75, 3.05) is 12.8 Å². The molecule has 12 heteroatoms. The van der Waals surface area contributed by atoms with Crippen molar-refractivity contribution in [2.24, 2.45) is 0 Å². The zero-order valence-corrected chi connectivity index (χ0v) is 23.2. The lowest BCUT2D eigenvalue weighted by Crippen LogP contribution is -2.38. The van der Waals surface area contributed by atoms with E-state index in [1.165, 1.54) is 31.4 Å². The summed E-state index contributed by atoms with van der Waals surface area (Å²) in [6.07, 6.45) is 3.90. The second-order valence-electron chi connectivity index (χ2n) is 10.1. The molecule has 1 unspecified atom stereocenters. The first kappa shape index (κ1) is 31.7. The van der Waals surface area contributed by atoms with E-state index in [1.807, 2.05) is 34.7 Å². The maximum atomic E-state index is 13.2. The van der Waals surface area contributed by atoms with Crippen LogP contribution < -0.4 is 10.5 Å². The van der Waals surface area contributed by atoms with Crippen LogP contribution in [-0.2, 0) is 9.59 Å². The molecule has 1 atom stereocenters. The van der Waals surface area contributed by atoms with Crippen LogP contribution in [0.3, 0.4) is 0 Å². The highest BCUT2D eigenvalue weighted by molar-refractivity contribution is 5.80. The number of fused-ring (bicyclic) bond motifs is 1. The molecule has 224 valence electrons. The molecule has 0 radical (unpaired) electrons. The smallest absolute Gasteiger partial charge is 0.475 e. The normalized spacial score (nSPS) is 14.7. The molecular weight excluding hydrogens is 544 g/mol. The monoisotopic (exact) mass is 580 g/mol. The molecule has 0 aliphatic heterocycles. The van der Waals surface area contributed by atoms with E-state index in [1.54, 1.807) is 12.1 Å². The van der Waals surface area contributed by atoms with Crippen LogP contribution in [0, 0.1) is 5.82 Å². The fraction of sp³-hybridized carbons (Fsp3) is 0.483. The van der Waals surface area contributed by atoms with Crippen molar-refractivity contribution in [3.63, 3.8) is 0 Å². The van der Waals surface area contributed by atoms with E-state index >= 15 is 0 Å². The average Bonchev–Trinajstić information content (AvgIpc) is 3.26. The fourth-order valence-electron chi connectivity index (χ4n) is 5.05. The van der Waals surface area contributed by atoms with Gasteiger partial charge in [-0.05, 0) is 62.1 Å². The van der Waals surface area contributed by atoms with E-state index in [4.69, 9.17) is 20.4 Å². The quantitative estimate of drug-likeness (QED) is 0.261. The number of benzene rings is 2. The summed E-state index contributed by atoms with van der Waals surface area (Å²) in [6, 6.07) is 12.0. The summed E-state index contributed by atoms with van der Waals surface area (Å²) in [7, 11) is 1.95. The Labute approximate surface area is 236 Å². The lowest BCUT2D eigenvalue weighted by atomic mass is 9.94. The average molecular weight is 581 g/mol. The van der Waals surface area contributed by atoms with Crippen molar-refractivity contribution in [3.8, 4) is 11.5 Å². The van der Waals surface area contributed by atoms with Crippen LogP contribution in [-0.4, -0.2) is 50.7 Å². The molecule has 0 spiro atoms. The van der Waals surface area contributed by atoms with Crippen molar-refractivity contribution in [2.45, 2.75) is 83.0 Å². The third kappa shape index (κ3) is 8.83. The summed E-state index contributed by atoms with van der Waals surface area (Å²) in [5.41, 5.74) is 8.03. The first-order valence-electron chi connectivity index (χ1n) is 13.7. The number of nitrogens with zero attached hydrogens (tertiary/aromatic N) is 3. The number of amides is 1. The van der Waals surface area contributed by atoms with Crippen LogP contribution in [0.15, 0.2) is 42.5 Å². The van der Waals surface area contributed by atoms with Crippen molar-refractivity contribution >= 4 is 28.9 Å². The number of carbonyl (C=O) groups is 2. The molecule has 0 saturated heterocycles. The Kier molecular flexibility index (Phi) is 11.0. The van der Waals surface area contributed by atoms with E-state index in [0.717, 1.165) is 36.7 Å². The topological polar surface area (TPSA) is 111 Å². The number of carboxylic acid groups (broad SMARTS) is 1. The number of imidazole rings is 1. The van der Waals surface area contributed by atoms with E-state index in [-0.39, 0.29) is 17.8 Å². The molecular formula is C29H36F4N4O4. The van der Waals surface area contributed by atoms with E-state index in [2.05, 4.69) is 11.9 Å². The van der Waals surface area contributed by atoms with E-state index < -0.39 is 12.1 Å². The number of alkyl halides is 3. The van der Waals surface area contributed by atoms with Gasteiger partial charge in [0.25, 0.3) is 0 Å². The number of halogens is 4. The summed E-state index contributed by atoms with van der Waals surface area (Å²) >= 11 is 0. The largest absolute Gasteiger partial charge is 0.490 e. The van der Waals surface area contributed by atoms with Crippen LogP contribution in [0.1, 0.15) is 70.8 Å². The highest BCUT2D eigenvalue weighted by Gasteiger charge is 2.38. The summed E-state index contributed by atoms with van der Waals surface area (Å²) in [4.78, 5) is 28.4. The summed E-state index contributed by atoms with van der Waals surface area (Å²) < 4.78 is 52.9. The van der Waals surface area contributed by atoms with Crippen molar-refractivity contribution in [3.05, 3.63) is 48.3 Å². The molecule has 1 amide bonds. The minimum Gasteiger partial charge on any atom is -0.475 e. The van der Waals surface area contributed by atoms with E-state index in [0.29, 0.717) is 36.3 Å². The van der Waals surface area contributed by atoms with Gasteiger partial charge in [-0.3, -0.25) is 4.79 Å². The van der Waals surface area contributed by atoms with Crippen LogP contribution >= 0.6 is 0 Å². The van der Waals surface area contributed by atoms with Gasteiger partial charge < -0.3 is 25.0 Å². The van der Waals surface area contributed by atoms with Gasteiger partial charge in [-0.2, -0.15) is 13.2 Å². The Balaban J connectivity index is 0.000000587. The number of aromatic nitrogens is 2. The van der Waals surface area contributed by atoms with Gasteiger partial charge in [0, 0.05) is 31.6 Å². The number of hydrogen-bond acceptors (Lipinski definition) is 5. The molecule has 3 aromatic rings. The van der Waals surface area contributed by atoms with Gasteiger partial charge in [0.05, 0.1) is 11.0 Å². The van der Waals surface area contributed by atoms with Crippen LogP contribution in [0.4, 0.5) is 23.5 Å². The maximum Gasteiger partial charge on any atom is 0.490 e. The number of carboxylic acids is 1. The molecule has 0 bridgehead atoms. The van der Waals surface area contributed by atoms with Gasteiger partial charge in [0.15, 0.2) is 0 Å². The van der Waals surface area contributed by atoms with E-state index in [9.17, 15) is 22.4 Å². The summed E-state index contributed by atoms with van der Waals surface area (Å²) in [5, 5.41) is 7.12. The second-order valence-corrected chi connectivity index (χ2v) is 10.1. The molecule has 2 aromatic carbocycles. The van der Waals surface area contributed by atoms with Gasteiger partial charge in [-0.25, -0.2) is 14.2 Å². The highest BCUT2D eigenvalue weighted by atomic mass is 19.4. The van der Waals surface area contributed by atoms with Gasteiger partial charge in [0.1, 0.15) is 17.3 Å². The predicted molar refractivity (Wildman–Crippen MR) is 147 cm³/mol. The Morgan fingerprint density at radius 3 is 2.29 bits per heavy atom. The highest BCUT2D eigenvalue weighted by Crippen LogP contribution is 2.33. The minimum atomic E-state index is -5.08. The lowest BCUT2D eigenvalue weighted by molar-refractivity contribution is -0.192. The third-order valence-corrected chi connectivity index (χ3v) is 7.17. The number of hydrogen-bond donors (Lipinski definition) is 2. The number of nitrogen functional groups attached to an aromatic ring is 1. The number of anilines is 1. The molecule has 1 fully saturated rings. The van der Waals surface area contributed by atoms with Crippen molar-refractivity contribution < 1.29 is 37.0 Å². The number of nitrogens with two attached hydrogens (primary N) is 1. The SMILES string of the molecule is CCCC(CCC(=O)N(C)C1CCCCC1)n1c(N)nc2ccc(Oc3ccc(F)cc3)cc21.O=C(O)C(F)(F)F. The molecule has 4 rings (SSSR count). The summed E-state index contributed by atoms with van der Waals surface area (Å²) in [6.45, 7) is 2.14. The third-order valence-electron chi connectivity index (χ3n) is 7.17. The predicted octanol–water partition coefficient (Wildman–Crippen LogP) is 7.10. The zero-order chi connectivity index (χ0) is 30.2. The lowest BCUT2D eigenvalue weighted by Gasteiger charge is -2.32. The Bertz CT molecular complexity index is 1300. The molecule has 1 heterocycles. The molecule has 3 N–H and O–H groups in total. The van der Waals surface area contributed by atoms with Gasteiger partial charge in [0.2, 0.25) is 11.9 Å². The minimum absolute atomic E-state index is 0.0692. The number of aliphatic carboxylic acids is 1. The van der Waals surface area contributed by atoms with Crippen LogP contribution in [0.25, 0.3) is 11.0 Å². The first-order chi connectivity index (χ1) is 19.4. The Morgan fingerprint density at radius 2 is 1.71 bits per heavy atom. The van der Waals surface area contributed by atoms with Crippen molar-refractivity contribution in [1.82, 2.24) is 14.5 Å².